The highest BCUT2D eigenvalue weighted by atomic mass is 35.5. The Morgan fingerprint density at radius 3 is 2.80 bits per heavy atom. The molecule has 2 atom stereocenters. The van der Waals surface area contributed by atoms with Gasteiger partial charge in [0.25, 0.3) is 0 Å². The fourth-order valence-electron chi connectivity index (χ4n) is 2.18. The van der Waals surface area contributed by atoms with Crippen molar-refractivity contribution in [1.82, 2.24) is 4.98 Å². The summed E-state index contributed by atoms with van der Waals surface area (Å²) in [6.45, 7) is 6.68. The van der Waals surface area contributed by atoms with E-state index in [0.717, 1.165) is 12.1 Å². The number of alkyl halides is 1. The molecule has 1 fully saturated rings. The van der Waals surface area contributed by atoms with E-state index in [0.29, 0.717) is 11.3 Å². The van der Waals surface area contributed by atoms with Crippen LogP contribution in [-0.4, -0.2) is 10.4 Å². The molecule has 0 spiro atoms. The Kier molecular flexibility index (Phi) is 2.76. The second-order valence-corrected chi connectivity index (χ2v) is 5.85. The third-order valence-electron chi connectivity index (χ3n) is 3.53. The van der Waals surface area contributed by atoms with Crippen LogP contribution in [0.4, 0.5) is 0 Å². The van der Waals surface area contributed by atoms with E-state index in [1.807, 2.05) is 12.3 Å². The van der Waals surface area contributed by atoms with Crippen LogP contribution in [0.5, 0.6) is 0 Å². The van der Waals surface area contributed by atoms with E-state index in [1.165, 1.54) is 12.0 Å². The van der Waals surface area contributed by atoms with Crippen molar-refractivity contribution < 1.29 is 0 Å². The lowest BCUT2D eigenvalue weighted by Crippen LogP contribution is -2.11. The highest BCUT2D eigenvalue weighted by molar-refractivity contribution is 6.21. The Balaban J connectivity index is 2.01. The third-order valence-corrected chi connectivity index (χ3v) is 3.99. The zero-order chi connectivity index (χ0) is 11.1. The summed E-state index contributed by atoms with van der Waals surface area (Å²) in [4.78, 5) is 4.39. The highest BCUT2D eigenvalue weighted by Gasteiger charge is 2.49. The predicted octanol–water partition coefficient (Wildman–Crippen LogP) is 3.59. The normalized spacial score (nSPS) is 24.9. The zero-order valence-electron chi connectivity index (χ0n) is 9.63. The Morgan fingerprint density at radius 1 is 1.60 bits per heavy atom. The molecule has 1 aromatic rings. The summed E-state index contributed by atoms with van der Waals surface area (Å²) in [6.07, 6.45) is 4.01. The highest BCUT2D eigenvalue weighted by Crippen LogP contribution is 2.55. The van der Waals surface area contributed by atoms with Gasteiger partial charge in [0.15, 0.2) is 0 Å². The van der Waals surface area contributed by atoms with E-state index < -0.39 is 0 Å². The molecule has 0 saturated heterocycles. The summed E-state index contributed by atoms with van der Waals surface area (Å²) >= 11 is 6.43. The number of aromatic nitrogens is 1. The molecule has 2 heteroatoms. The predicted molar refractivity (Wildman–Crippen MR) is 64.2 cm³/mol. The van der Waals surface area contributed by atoms with Crippen LogP contribution < -0.4 is 0 Å². The van der Waals surface area contributed by atoms with Gasteiger partial charge in [-0.05, 0) is 36.3 Å². The molecular weight excluding hydrogens is 206 g/mol. The molecule has 0 aromatic carbocycles. The Bertz CT molecular complexity index is 359. The van der Waals surface area contributed by atoms with Crippen LogP contribution in [0.3, 0.4) is 0 Å². The summed E-state index contributed by atoms with van der Waals surface area (Å²) in [5.41, 5.74) is 2.86. The largest absolute Gasteiger partial charge is 0.261 e. The minimum Gasteiger partial charge on any atom is -0.261 e. The Morgan fingerprint density at radius 2 is 2.27 bits per heavy atom. The van der Waals surface area contributed by atoms with Crippen molar-refractivity contribution in [2.24, 2.45) is 11.3 Å². The van der Waals surface area contributed by atoms with E-state index in [4.69, 9.17) is 11.6 Å². The van der Waals surface area contributed by atoms with Crippen molar-refractivity contribution in [3.8, 4) is 0 Å². The second-order valence-electron chi connectivity index (χ2n) is 5.29. The maximum atomic E-state index is 6.43. The summed E-state index contributed by atoms with van der Waals surface area (Å²) in [7, 11) is 0. The van der Waals surface area contributed by atoms with Crippen molar-refractivity contribution in [2.75, 3.05) is 0 Å². The minimum atomic E-state index is 0.244. The van der Waals surface area contributed by atoms with Crippen LogP contribution in [-0.2, 0) is 6.42 Å². The Hall–Kier alpha value is -0.560. The summed E-state index contributed by atoms with van der Waals surface area (Å²) in [5, 5.41) is 0.244. The molecule has 82 valence electrons. The molecule has 1 aliphatic carbocycles. The third kappa shape index (κ3) is 2.34. The lowest BCUT2D eigenvalue weighted by atomic mass is 10.0. The molecule has 0 amide bonds. The monoisotopic (exact) mass is 223 g/mol. The molecule has 0 aliphatic heterocycles. The van der Waals surface area contributed by atoms with Gasteiger partial charge in [-0.3, -0.25) is 4.98 Å². The molecule has 1 saturated carbocycles. The summed E-state index contributed by atoms with van der Waals surface area (Å²) in [6, 6.07) is 4.08. The van der Waals surface area contributed by atoms with E-state index in [-0.39, 0.29) is 5.38 Å². The van der Waals surface area contributed by atoms with Gasteiger partial charge in [0.05, 0.1) is 0 Å². The van der Waals surface area contributed by atoms with Gasteiger partial charge in [-0.2, -0.15) is 0 Å². The first-order chi connectivity index (χ1) is 7.00. The lowest BCUT2D eigenvalue weighted by Gasteiger charge is -2.12. The topological polar surface area (TPSA) is 12.9 Å². The lowest BCUT2D eigenvalue weighted by molar-refractivity contribution is 0.535. The molecule has 1 aromatic heterocycles. The number of halogens is 1. The smallest absolute Gasteiger partial charge is 0.0447 e. The zero-order valence-corrected chi connectivity index (χ0v) is 10.4. The average molecular weight is 224 g/mol. The molecular formula is C13H18ClN. The summed E-state index contributed by atoms with van der Waals surface area (Å²) in [5.74, 6) is 0.667. The molecule has 1 heterocycles. The van der Waals surface area contributed by atoms with Gasteiger partial charge in [0.2, 0.25) is 0 Å². The van der Waals surface area contributed by atoms with E-state index in [9.17, 15) is 0 Å². The number of nitrogens with zero attached hydrogens (tertiary/aromatic N) is 1. The van der Waals surface area contributed by atoms with Gasteiger partial charge in [-0.15, -0.1) is 11.6 Å². The maximum absolute atomic E-state index is 6.43. The number of pyridine rings is 1. The number of rotatable bonds is 3. The van der Waals surface area contributed by atoms with Crippen molar-refractivity contribution in [3.63, 3.8) is 0 Å². The van der Waals surface area contributed by atoms with Crippen LogP contribution >= 0.6 is 11.6 Å². The molecule has 0 bridgehead atoms. The van der Waals surface area contributed by atoms with Gasteiger partial charge < -0.3 is 0 Å². The van der Waals surface area contributed by atoms with E-state index >= 15 is 0 Å². The molecule has 0 radical (unpaired) electrons. The number of hydrogen-bond acceptors (Lipinski definition) is 1. The van der Waals surface area contributed by atoms with Crippen LogP contribution in [0.25, 0.3) is 0 Å². The van der Waals surface area contributed by atoms with Gasteiger partial charge in [-0.1, -0.05) is 19.9 Å². The van der Waals surface area contributed by atoms with Crippen LogP contribution in [0.15, 0.2) is 18.3 Å². The quantitative estimate of drug-likeness (QED) is 0.714. The van der Waals surface area contributed by atoms with Gasteiger partial charge >= 0.3 is 0 Å². The van der Waals surface area contributed by atoms with E-state index in [2.05, 4.69) is 31.8 Å². The van der Waals surface area contributed by atoms with Gasteiger partial charge in [0.1, 0.15) is 0 Å². The molecule has 15 heavy (non-hydrogen) atoms. The van der Waals surface area contributed by atoms with Crippen LogP contribution in [0, 0.1) is 18.3 Å². The fourth-order valence-corrected chi connectivity index (χ4v) is 2.76. The minimum absolute atomic E-state index is 0.244. The van der Waals surface area contributed by atoms with E-state index in [1.54, 1.807) is 0 Å². The first-order valence-electron chi connectivity index (χ1n) is 5.55. The standard InChI is InChI=1S/C13H18ClN/c1-9-5-4-6-15-12(9)7-11(14)10-8-13(10,2)3/h4-6,10-11H,7-8H2,1-3H3. The maximum Gasteiger partial charge on any atom is 0.0447 e. The SMILES string of the molecule is Cc1cccnc1CC(Cl)C1CC1(C)C. The second kappa shape index (κ2) is 3.79. The number of hydrogen-bond donors (Lipinski definition) is 0. The van der Waals surface area contributed by atoms with Crippen molar-refractivity contribution >= 4 is 11.6 Å². The summed E-state index contributed by atoms with van der Waals surface area (Å²) < 4.78 is 0. The average Bonchev–Trinajstić information content (AvgIpc) is 2.79. The molecule has 0 N–H and O–H groups in total. The fraction of sp³-hybridized carbons (Fsp3) is 0.615. The van der Waals surface area contributed by atoms with Crippen molar-refractivity contribution in [2.45, 2.75) is 39.0 Å². The van der Waals surface area contributed by atoms with Crippen LogP contribution in [0.1, 0.15) is 31.5 Å². The Labute approximate surface area is 96.9 Å². The van der Waals surface area contributed by atoms with Crippen molar-refractivity contribution in [1.29, 1.82) is 0 Å². The molecule has 1 nitrogen and oxygen atoms in total. The molecule has 2 rings (SSSR count). The first kappa shape index (κ1) is 10.9. The van der Waals surface area contributed by atoms with Gasteiger partial charge in [-0.25, -0.2) is 0 Å². The molecule has 2 unspecified atom stereocenters. The molecule has 1 aliphatic rings. The number of aryl methyl sites for hydroxylation is 1. The van der Waals surface area contributed by atoms with Crippen LogP contribution in [0.2, 0.25) is 0 Å². The van der Waals surface area contributed by atoms with Crippen molar-refractivity contribution in [3.05, 3.63) is 29.6 Å². The first-order valence-corrected chi connectivity index (χ1v) is 5.99. The van der Waals surface area contributed by atoms with Gasteiger partial charge in [0, 0.05) is 23.7 Å².